The molecule has 3 rings (SSSR count). The first-order valence-corrected chi connectivity index (χ1v) is 7.94. The summed E-state index contributed by atoms with van der Waals surface area (Å²) in [5.74, 6) is 0.576. The minimum absolute atomic E-state index is 0.0710. The Morgan fingerprint density at radius 1 is 1.04 bits per heavy atom. The number of pyridine rings is 1. The Bertz CT molecular complexity index is 881. The minimum atomic E-state index is -4.46. The highest BCUT2D eigenvalue weighted by Crippen LogP contribution is 2.36. The van der Waals surface area contributed by atoms with Crippen molar-refractivity contribution in [3.05, 3.63) is 60.4 Å². The van der Waals surface area contributed by atoms with Crippen LogP contribution in [-0.2, 0) is 6.18 Å². The van der Waals surface area contributed by atoms with Crippen molar-refractivity contribution >= 4 is 17.5 Å². The second-order valence-corrected chi connectivity index (χ2v) is 5.40. The first-order chi connectivity index (χ1) is 12.5. The molecule has 0 aliphatic heterocycles. The van der Waals surface area contributed by atoms with E-state index in [1.165, 1.54) is 18.2 Å². The van der Waals surface area contributed by atoms with Gasteiger partial charge in [0.05, 0.1) is 16.9 Å². The smallest absolute Gasteiger partial charge is 0.354 e. The molecule has 8 heteroatoms. The maximum Gasteiger partial charge on any atom is 0.418 e. The Morgan fingerprint density at radius 3 is 2.54 bits per heavy atom. The lowest BCUT2D eigenvalue weighted by Crippen LogP contribution is -2.10. The number of hydrogen-bond donors (Lipinski definition) is 2. The maximum atomic E-state index is 13.2. The number of nitrogens with one attached hydrogen (secondary N) is 2. The number of alkyl halides is 3. The number of rotatable bonds is 5. The van der Waals surface area contributed by atoms with Crippen molar-refractivity contribution in [3.63, 3.8) is 0 Å². The van der Waals surface area contributed by atoms with Gasteiger partial charge in [0.2, 0.25) is 5.95 Å². The van der Waals surface area contributed by atoms with Crippen LogP contribution in [0.15, 0.2) is 54.9 Å². The number of anilines is 3. The van der Waals surface area contributed by atoms with E-state index in [1.54, 1.807) is 24.5 Å². The summed E-state index contributed by atoms with van der Waals surface area (Å²) in [4.78, 5) is 12.7. The zero-order valence-electron chi connectivity index (χ0n) is 13.9. The second kappa shape index (κ2) is 7.38. The molecular weight excluding hydrogens is 343 g/mol. The van der Waals surface area contributed by atoms with Crippen LogP contribution in [0.2, 0.25) is 0 Å². The van der Waals surface area contributed by atoms with Crippen LogP contribution in [0, 0.1) is 0 Å². The molecular formula is C18H16F3N5. The highest BCUT2D eigenvalue weighted by atomic mass is 19.4. The number of benzene rings is 1. The van der Waals surface area contributed by atoms with E-state index in [2.05, 4.69) is 25.6 Å². The summed E-state index contributed by atoms with van der Waals surface area (Å²) in [7, 11) is 0. The van der Waals surface area contributed by atoms with E-state index in [-0.39, 0.29) is 11.5 Å². The summed E-state index contributed by atoms with van der Waals surface area (Å²) in [6.07, 6.45) is -1.20. The topological polar surface area (TPSA) is 62.7 Å². The highest BCUT2D eigenvalue weighted by molar-refractivity contribution is 5.68. The molecule has 0 fully saturated rings. The zero-order chi connectivity index (χ0) is 18.6. The van der Waals surface area contributed by atoms with Crippen LogP contribution in [0.1, 0.15) is 12.5 Å². The molecule has 0 saturated carbocycles. The van der Waals surface area contributed by atoms with Crippen LogP contribution in [-0.4, -0.2) is 21.5 Å². The van der Waals surface area contributed by atoms with Crippen molar-refractivity contribution in [2.45, 2.75) is 13.1 Å². The fourth-order valence-corrected chi connectivity index (χ4v) is 2.39. The van der Waals surface area contributed by atoms with Gasteiger partial charge in [-0.1, -0.05) is 12.1 Å². The van der Waals surface area contributed by atoms with Crippen molar-refractivity contribution in [3.8, 4) is 11.3 Å². The molecule has 1 aromatic carbocycles. The van der Waals surface area contributed by atoms with E-state index in [9.17, 15) is 13.2 Å². The molecule has 0 unspecified atom stereocenters. The molecule has 0 aliphatic rings. The third-order valence-corrected chi connectivity index (χ3v) is 3.51. The van der Waals surface area contributed by atoms with Crippen LogP contribution >= 0.6 is 0 Å². The lowest BCUT2D eigenvalue weighted by Gasteiger charge is -2.15. The molecule has 2 aromatic heterocycles. The highest BCUT2D eigenvalue weighted by Gasteiger charge is 2.33. The Labute approximate surface area is 148 Å². The monoisotopic (exact) mass is 359 g/mol. The molecule has 26 heavy (non-hydrogen) atoms. The number of para-hydroxylation sites is 1. The van der Waals surface area contributed by atoms with Gasteiger partial charge in [-0.25, -0.2) is 4.98 Å². The van der Waals surface area contributed by atoms with Gasteiger partial charge in [-0.05, 0) is 31.2 Å². The SMILES string of the molecule is CCNc1nc(Nc2ccccc2C(F)(F)F)cc(-c2cccnc2)n1. The lowest BCUT2D eigenvalue weighted by atomic mass is 10.1. The molecule has 3 aromatic rings. The van der Waals surface area contributed by atoms with Crippen LogP contribution in [0.5, 0.6) is 0 Å². The van der Waals surface area contributed by atoms with Crippen LogP contribution in [0.25, 0.3) is 11.3 Å². The van der Waals surface area contributed by atoms with Crippen LogP contribution in [0.3, 0.4) is 0 Å². The van der Waals surface area contributed by atoms with E-state index in [0.29, 0.717) is 18.2 Å². The summed E-state index contributed by atoms with van der Waals surface area (Å²) in [5.41, 5.74) is 0.460. The van der Waals surface area contributed by atoms with E-state index in [4.69, 9.17) is 0 Å². The third-order valence-electron chi connectivity index (χ3n) is 3.51. The predicted molar refractivity (Wildman–Crippen MR) is 94.2 cm³/mol. The van der Waals surface area contributed by atoms with Gasteiger partial charge in [0, 0.05) is 30.6 Å². The van der Waals surface area contributed by atoms with E-state index < -0.39 is 11.7 Å². The summed E-state index contributed by atoms with van der Waals surface area (Å²) < 4.78 is 39.6. The average Bonchev–Trinajstić information content (AvgIpc) is 2.62. The van der Waals surface area contributed by atoms with Gasteiger partial charge in [0.15, 0.2) is 0 Å². The maximum absolute atomic E-state index is 13.2. The number of nitrogens with zero attached hydrogens (tertiary/aromatic N) is 3. The third kappa shape index (κ3) is 4.08. The van der Waals surface area contributed by atoms with E-state index in [1.807, 2.05) is 13.0 Å². The van der Waals surface area contributed by atoms with E-state index >= 15 is 0 Å². The molecule has 0 saturated heterocycles. The quantitative estimate of drug-likeness (QED) is 0.689. The van der Waals surface area contributed by atoms with Gasteiger partial charge in [-0.2, -0.15) is 18.2 Å². The van der Waals surface area contributed by atoms with Crippen molar-refractivity contribution in [1.82, 2.24) is 15.0 Å². The average molecular weight is 359 g/mol. The summed E-state index contributed by atoms with van der Waals surface area (Å²) in [5, 5.41) is 5.74. The summed E-state index contributed by atoms with van der Waals surface area (Å²) in [6, 6.07) is 10.4. The van der Waals surface area contributed by atoms with Gasteiger partial charge in [0.1, 0.15) is 5.82 Å². The molecule has 2 N–H and O–H groups in total. The minimum Gasteiger partial charge on any atom is -0.354 e. The van der Waals surface area contributed by atoms with Crippen molar-refractivity contribution in [2.75, 3.05) is 17.2 Å². The molecule has 0 aliphatic carbocycles. The number of aromatic nitrogens is 3. The van der Waals surface area contributed by atoms with Gasteiger partial charge in [-0.3, -0.25) is 4.98 Å². The number of hydrogen-bond acceptors (Lipinski definition) is 5. The van der Waals surface area contributed by atoms with Gasteiger partial charge in [0.25, 0.3) is 0 Å². The Balaban J connectivity index is 2.02. The molecule has 0 radical (unpaired) electrons. The fraction of sp³-hybridized carbons (Fsp3) is 0.167. The molecule has 134 valence electrons. The lowest BCUT2D eigenvalue weighted by molar-refractivity contribution is -0.136. The molecule has 0 spiro atoms. The summed E-state index contributed by atoms with van der Waals surface area (Å²) >= 11 is 0. The molecule has 5 nitrogen and oxygen atoms in total. The Kier molecular flexibility index (Phi) is 5.01. The van der Waals surface area contributed by atoms with Gasteiger partial charge in [-0.15, -0.1) is 0 Å². The molecule has 0 amide bonds. The van der Waals surface area contributed by atoms with Gasteiger partial charge >= 0.3 is 6.18 Å². The van der Waals surface area contributed by atoms with Gasteiger partial charge < -0.3 is 10.6 Å². The normalized spacial score (nSPS) is 11.2. The standard InChI is InChI=1S/C18H16F3N5/c1-2-23-17-25-15(12-6-5-9-22-11-12)10-16(26-17)24-14-8-4-3-7-13(14)18(19,20)21/h3-11H,2H2,1H3,(H2,23,24,25,26). The second-order valence-electron chi connectivity index (χ2n) is 5.40. The zero-order valence-corrected chi connectivity index (χ0v) is 13.9. The first-order valence-electron chi connectivity index (χ1n) is 7.94. The van der Waals surface area contributed by atoms with Crippen molar-refractivity contribution < 1.29 is 13.2 Å². The van der Waals surface area contributed by atoms with Crippen LogP contribution < -0.4 is 10.6 Å². The largest absolute Gasteiger partial charge is 0.418 e. The van der Waals surface area contributed by atoms with Crippen molar-refractivity contribution in [2.24, 2.45) is 0 Å². The van der Waals surface area contributed by atoms with Crippen LogP contribution in [0.4, 0.5) is 30.6 Å². The molecule has 0 bridgehead atoms. The number of halogens is 3. The predicted octanol–water partition coefficient (Wildman–Crippen LogP) is 4.73. The summed E-state index contributed by atoms with van der Waals surface area (Å²) in [6.45, 7) is 2.46. The van der Waals surface area contributed by atoms with Crippen molar-refractivity contribution in [1.29, 1.82) is 0 Å². The Hall–Kier alpha value is -3.16. The molecule has 0 atom stereocenters. The fourth-order valence-electron chi connectivity index (χ4n) is 2.39. The van der Waals surface area contributed by atoms with E-state index in [0.717, 1.165) is 11.6 Å². The molecule has 2 heterocycles. The Morgan fingerprint density at radius 2 is 1.85 bits per heavy atom. The first kappa shape index (κ1) is 17.7.